The number of rotatable bonds is 6. The third-order valence-corrected chi connectivity index (χ3v) is 5.23. The summed E-state index contributed by atoms with van der Waals surface area (Å²) in [5.74, 6) is 0.600. The first-order chi connectivity index (χ1) is 16.4. The fourth-order valence-electron chi connectivity index (χ4n) is 3.41. The zero-order chi connectivity index (χ0) is 25.8. The summed E-state index contributed by atoms with van der Waals surface area (Å²) in [4.78, 5) is 16.6. The molecule has 1 heterocycles. The average molecular weight is 497 g/mol. The first-order valence-electron chi connectivity index (χ1n) is 10.3. The number of hydrogen-bond donors (Lipinski definition) is 2. The van der Waals surface area contributed by atoms with Crippen molar-refractivity contribution in [3.8, 4) is 5.75 Å². The van der Waals surface area contributed by atoms with E-state index in [9.17, 15) is 31.1 Å². The van der Waals surface area contributed by atoms with Crippen LogP contribution in [-0.2, 0) is 12.4 Å². The van der Waals surface area contributed by atoms with E-state index >= 15 is 0 Å². The lowest BCUT2D eigenvalue weighted by Gasteiger charge is -2.24. The van der Waals surface area contributed by atoms with E-state index in [1.807, 2.05) is 0 Å². The van der Waals surface area contributed by atoms with Crippen LogP contribution in [0.15, 0.2) is 66.9 Å². The van der Waals surface area contributed by atoms with Gasteiger partial charge >= 0.3 is 18.4 Å². The smallest absolute Gasteiger partial charge is 0.418 e. The van der Waals surface area contributed by atoms with Gasteiger partial charge in [-0.3, -0.25) is 4.98 Å². The number of pyridine rings is 1. The number of nitrogens with zero attached hydrogens (tertiary/aromatic N) is 1. The lowest BCUT2D eigenvalue weighted by molar-refractivity contribution is -0.139. The van der Waals surface area contributed by atoms with E-state index in [0.29, 0.717) is 11.3 Å². The number of aromatic nitrogens is 1. The number of carbonyl (C=O) groups is 1. The fourth-order valence-corrected chi connectivity index (χ4v) is 3.41. The minimum atomic E-state index is -4.80. The van der Waals surface area contributed by atoms with Crippen LogP contribution in [0.2, 0.25) is 0 Å². The van der Waals surface area contributed by atoms with Crippen LogP contribution in [0.1, 0.15) is 47.0 Å². The Bertz CT molecular complexity index is 1150. The molecule has 0 saturated heterocycles. The van der Waals surface area contributed by atoms with E-state index in [1.54, 1.807) is 31.2 Å². The standard InChI is InChI=1S/C24H21F6N3O2/c1-14(15-7-11-18(35-2)12-8-15)32-22(34)33-20(16-5-9-17(10-6-16)23(25,26)27)21-19(24(28,29)30)4-3-13-31-21/h3-14,20H,1-2H3,(H2,32,33,34)/t14-,20-/m0/s1. The number of carbonyl (C=O) groups excluding carboxylic acids is 1. The number of amides is 2. The second-order valence-electron chi connectivity index (χ2n) is 7.60. The van der Waals surface area contributed by atoms with Crippen LogP contribution in [0.25, 0.3) is 0 Å². The number of halogens is 6. The van der Waals surface area contributed by atoms with E-state index in [0.717, 1.165) is 42.6 Å². The molecule has 3 rings (SSSR count). The summed E-state index contributed by atoms with van der Waals surface area (Å²) in [5, 5.41) is 5.04. The Morgan fingerprint density at radius 3 is 2.00 bits per heavy atom. The summed E-state index contributed by atoms with van der Waals surface area (Å²) in [6, 6.07) is 9.28. The van der Waals surface area contributed by atoms with Crippen molar-refractivity contribution in [2.24, 2.45) is 0 Å². The molecule has 3 aromatic rings. The van der Waals surface area contributed by atoms with Crippen LogP contribution in [0.5, 0.6) is 5.75 Å². The third-order valence-electron chi connectivity index (χ3n) is 5.23. The second kappa shape index (κ2) is 10.2. The highest BCUT2D eigenvalue weighted by atomic mass is 19.4. The van der Waals surface area contributed by atoms with E-state index < -0.39 is 47.3 Å². The number of methoxy groups -OCH3 is 1. The minimum Gasteiger partial charge on any atom is -0.497 e. The van der Waals surface area contributed by atoms with E-state index in [-0.39, 0.29) is 5.56 Å². The van der Waals surface area contributed by atoms with Gasteiger partial charge in [-0.05, 0) is 54.4 Å². The first kappa shape index (κ1) is 25.9. The summed E-state index contributed by atoms with van der Waals surface area (Å²) >= 11 is 0. The van der Waals surface area contributed by atoms with Crippen molar-refractivity contribution in [1.29, 1.82) is 0 Å². The highest BCUT2D eigenvalue weighted by Crippen LogP contribution is 2.36. The summed E-state index contributed by atoms with van der Waals surface area (Å²) in [6.07, 6.45) is -8.32. The molecule has 0 saturated carbocycles. The Morgan fingerprint density at radius 2 is 1.46 bits per heavy atom. The molecule has 0 aliphatic carbocycles. The van der Waals surface area contributed by atoms with Gasteiger partial charge in [-0.15, -0.1) is 0 Å². The molecule has 0 aliphatic heterocycles. The predicted octanol–water partition coefficient (Wildman–Crippen LogP) is 6.28. The van der Waals surface area contributed by atoms with Crippen molar-refractivity contribution in [3.63, 3.8) is 0 Å². The highest BCUT2D eigenvalue weighted by Gasteiger charge is 2.37. The summed E-state index contributed by atoms with van der Waals surface area (Å²) < 4.78 is 85.0. The summed E-state index contributed by atoms with van der Waals surface area (Å²) in [5.41, 5.74) is -1.95. The molecule has 2 N–H and O–H groups in total. The van der Waals surface area contributed by atoms with Gasteiger partial charge in [0.15, 0.2) is 0 Å². The zero-order valence-corrected chi connectivity index (χ0v) is 18.5. The number of benzene rings is 2. The number of ether oxygens (including phenoxy) is 1. The molecule has 35 heavy (non-hydrogen) atoms. The van der Waals surface area contributed by atoms with Gasteiger partial charge in [0.05, 0.1) is 36.0 Å². The molecule has 2 atom stereocenters. The van der Waals surface area contributed by atoms with Gasteiger partial charge in [-0.2, -0.15) is 26.3 Å². The van der Waals surface area contributed by atoms with Crippen molar-refractivity contribution in [2.75, 3.05) is 7.11 Å². The molecule has 0 aliphatic rings. The molecule has 2 aromatic carbocycles. The van der Waals surface area contributed by atoms with Crippen LogP contribution in [0.4, 0.5) is 31.1 Å². The SMILES string of the molecule is COc1ccc([C@H](C)NC(=O)N[C@@H](c2ccc(C(F)(F)F)cc2)c2ncccc2C(F)(F)F)cc1. The average Bonchev–Trinajstić information content (AvgIpc) is 2.81. The number of nitrogens with one attached hydrogen (secondary N) is 2. The van der Waals surface area contributed by atoms with Crippen molar-refractivity contribution < 1.29 is 35.9 Å². The molecule has 5 nitrogen and oxygen atoms in total. The topological polar surface area (TPSA) is 63.2 Å². The third kappa shape index (κ3) is 6.43. The molecular weight excluding hydrogens is 476 g/mol. The molecule has 0 unspecified atom stereocenters. The van der Waals surface area contributed by atoms with E-state index in [1.165, 1.54) is 7.11 Å². The number of alkyl halides is 6. The molecule has 0 radical (unpaired) electrons. The van der Waals surface area contributed by atoms with Gasteiger partial charge in [-0.25, -0.2) is 4.79 Å². The molecular formula is C24H21F6N3O2. The van der Waals surface area contributed by atoms with Crippen LogP contribution in [-0.4, -0.2) is 18.1 Å². The second-order valence-corrected chi connectivity index (χ2v) is 7.60. The van der Waals surface area contributed by atoms with Gasteiger partial charge in [0.1, 0.15) is 5.75 Å². The number of hydrogen-bond acceptors (Lipinski definition) is 3. The molecule has 0 spiro atoms. The Labute approximate surface area is 197 Å². The van der Waals surface area contributed by atoms with Crippen LogP contribution in [0, 0.1) is 0 Å². The summed E-state index contributed by atoms with van der Waals surface area (Å²) in [6.45, 7) is 1.66. The maximum atomic E-state index is 13.6. The molecule has 2 amide bonds. The Morgan fingerprint density at radius 1 is 0.857 bits per heavy atom. The molecule has 11 heteroatoms. The molecule has 1 aromatic heterocycles. The van der Waals surface area contributed by atoms with Gasteiger partial charge < -0.3 is 15.4 Å². The number of urea groups is 1. The Balaban J connectivity index is 1.92. The molecule has 0 fully saturated rings. The molecule has 186 valence electrons. The van der Waals surface area contributed by atoms with Gasteiger partial charge in [0.25, 0.3) is 0 Å². The largest absolute Gasteiger partial charge is 0.497 e. The Kier molecular flexibility index (Phi) is 7.57. The van der Waals surface area contributed by atoms with Gasteiger partial charge in [-0.1, -0.05) is 24.3 Å². The van der Waals surface area contributed by atoms with E-state index in [4.69, 9.17) is 4.74 Å². The van der Waals surface area contributed by atoms with Crippen molar-refractivity contribution in [3.05, 3.63) is 94.8 Å². The quantitative estimate of drug-likeness (QED) is 0.394. The highest BCUT2D eigenvalue weighted by molar-refractivity contribution is 5.75. The normalized spacial score (nSPS) is 13.6. The summed E-state index contributed by atoms with van der Waals surface area (Å²) in [7, 11) is 1.50. The zero-order valence-electron chi connectivity index (χ0n) is 18.5. The van der Waals surface area contributed by atoms with Gasteiger partial charge in [0.2, 0.25) is 0 Å². The van der Waals surface area contributed by atoms with Crippen molar-refractivity contribution >= 4 is 6.03 Å². The van der Waals surface area contributed by atoms with E-state index in [2.05, 4.69) is 15.6 Å². The maximum Gasteiger partial charge on any atom is 0.418 e. The minimum absolute atomic E-state index is 0.00514. The van der Waals surface area contributed by atoms with Gasteiger partial charge in [0, 0.05) is 6.20 Å². The first-order valence-corrected chi connectivity index (χ1v) is 10.3. The monoisotopic (exact) mass is 497 g/mol. The Hall–Kier alpha value is -3.76. The lowest BCUT2D eigenvalue weighted by Crippen LogP contribution is -2.40. The predicted molar refractivity (Wildman–Crippen MR) is 116 cm³/mol. The van der Waals surface area contributed by atoms with Crippen LogP contribution >= 0.6 is 0 Å². The maximum absolute atomic E-state index is 13.6. The van der Waals surface area contributed by atoms with Crippen molar-refractivity contribution in [1.82, 2.24) is 15.6 Å². The fraction of sp³-hybridized carbons (Fsp3) is 0.250. The van der Waals surface area contributed by atoms with Crippen LogP contribution < -0.4 is 15.4 Å². The lowest BCUT2D eigenvalue weighted by atomic mass is 9.98. The molecule has 0 bridgehead atoms. The van der Waals surface area contributed by atoms with Crippen molar-refractivity contribution in [2.45, 2.75) is 31.4 Å². The van der Waals surface area contributed by atoms with Crippen LogP contribution in [0.3, 0.4) is 0 Å².